The molecule has 2 N–H and O–H groups in total. The van der Waals surface area contributed by atoms with Gasteiger partial charge in [-0.05, 0) is 25.0 Å². The molecule has 1 heterocycles. The quantitative estimate of drug-likeness (QED) is 0.813. The van der Waals surface area contributed by atoms with Gasteiger partial charge >= 0.3 is 0 Å². The predicted octanol–water partition coefficient (Wildman–Crippen LogP) is 1.60. The molecule has 3 rings (SSSR count). The smallest absolute Gasteiger partial charge is 0.165 e. The molecule has 2 aliphatic rings. The van der Waals surface area contributed by atoms with Gasteiger partial charge in [-0.2, -0.15) is 5.26 Å². The zero-order valence-corrected chi connectivity index (χ0v) is 12.2. The number of nitrogens with one attached hydrogen (secondary N) is 1. The van der Waals surface area contributed by atoms with Gasteiger partial charge in [0.25, 0.3) is 0 Å². The Hall–Kier alpha value is -1.44. The standard InChI is InChI=1S/C17H21FN2O/c18-14-6-4-13(5-7-14)16-15-3-1-2-8-17(15,21)9-11-20(16)12-10-19/h4-7,15-16,21H,1-3,8-9,11-12H2/p+1/t15-,16-,17+/m1/s1. The van der Waals surface area contributed by atoms with Crippen LogP contribution in [0.5, 0.6) is 0 Å². The fraction of sp³-hybridized carbons (Fsp3) is 0.588. The summed E-state index contributed by atoms with van der Waals surface area (Å²) in [6, 6.07) is 8.96. The van der Waals surface area contributed by atoms with E-state index in [0.717, 1.165) is 44.2 Å². The maximum atomic E-state index is 13.2. The van der Waals surface area contributed by atoms with Crippen LogP contribution in [0.25, 0.3) is 0 Å². The third kappa shape index (κ3) is 2.68. The summed E-state index contributed by atoms with van der Waals surface area (Å²) >= 11 is 0. The molecule has 2 fully saturated rings. The van der Waals surface area contributed by atoms with E-state index in [1.54, 1.807) is 0 Å². The first kappa shape index (κ1) is 14.5. The highest BCUT2D eigenvalue weighted by Gasteiger charge is 2.51. The van der Waals surface area contributed by atoms with Crippen molar-refractivity contribution in [2.24, 2.45) is 5.92 Å². The minimum atomic E-state index is -0.601. The Kier molecular flexibility index (Phi) is 3.97. The molecule has 0 amide bonds. The highest BCUT2D eigenvalue weighted by atomic mass is 19.1. The van der Waals surface area contributed by atoms with Crippen molar-refractivity contribution in [3.63, 3.8) is 0 Å². The molecule has 1 aliphatic carbocycles. The van der Waals surface area contributed by atoms with Crippen LogP contribution in [-0.2, 0) is 0 Å². The van der Waals surface area contributed by atoms with E-state index in [4.69, 9.17) is 5.26 Å². The molecule has 0 aromatic heterocycles. The molecule has 4 heteroatoms. The maximum absolute atomic E-state index is 13.2. The molecule has 4 atom stereocenters. The van der Waals surface area contributed by atoms with Crippen LogP contribution < -0.4 is 4.90 Å². The number of nitrogens with zero attached hydrogens (tertiary/aromatic N) is 1. The summed E-state index contributed by atoms with van der Waals surface area (Å²) in [7, 11) is 0. The third-order valence-corrected chi connectivity index (χ3v) is 5.32. The molecular formula is C17H22FN2O+. The lowest BCUT2D eigenvalue weighted by molar-refractivity contribution is -0.938. The van der Waals surface area contributed by atoms with E-state index in [1.165, 1.54) is 17.0 Å². The Balaban J connectivity index is 1.96. The Bertz CT molecular complexity index is 539. The molecule has 1 unspecified atom stereocenters. The number of piperidine rings is 1. The number of rotatable bonds is 2. The van der Waals surface area contributed by atoms with Crippen molar-refractivity contribution in [2.45, 2.75) is 43.7 Å². The zero-order valence-electron chi connectivity index (χ0n) is 12.2. The highest BCUT2D eigenvalue weighted by molar-refractivity contribution is 5.21. The van der Waals surface area contributed by atoms with Gasteiger partial charge in [-0.25, -0.2) is 4.39 Å². The second-order valence-corrected chi connectivity index (χ2v) is 6.48. The van der Waals surface area contributed by atoms with Crippen LogP contribution in [-0.4, -0.2) is 23.8 Å². The Morgan fingerprint density at radius 1 is 1.29 bits per heavy atom. The summed E-state index contributed by atoms with van der Waals surface area (Å²) in [6.45, 7) is 1.25. The minimum Gasteiger partial charge on any atom is -0.389 e. The number of fused-ring (bicyclic) bond motifs is 1. The van der Waals surface area contributed by atoms with Crippen LogP contribution in [0.4, 0.5) is 4.39 Å². The van der Waals surface area contributed by atoms with Gasteiger partial charge in [0.05, 0.1) is 12.1 Å². The van der Waals surface area contributed by atoms with Crippen molar-refractivity contribution >= 4 is 0 Å². The number of hydrogen-bond acceptors (Lipinski definition) is 2. The minimum absolute atomic E-state index is 0.101. The Labute approximate surface area is 125 Å². The van der Waals surface area contributed by atoms with Gasteiger partial charge in [-0.3, -0.25) is 0 Å². The third-order valence-electron chi connectivity index (χ3n) is 5.32. The van der Waals surface area contributed by atoms with E-state index >= 15 is 0 Å². The summed E-state index contributed by atoms with van der Waals surface area (Å²) in [6.07, 6.45) is 4.83. The van der Waals surface area contributed by atoms with Crippen LogP contribution >= 0.6 is 0 Å². The molecule has 1 aliphatic heterocycles. The van der Waals surface area contributed by atoms with E-state index in [-0.39, 0.29) is 17.8 Å². The lowest BCUT2D eigenvalue weighted by atomic mass is 9.66. The molecule has 0 spiro atoms. The molecule has 1 aromatic rings. The van der Waals surface area contributed by atoms with Crippen molar-refractivity contribution in [1.29, 1.82) is 5.26 Å². The zero-order chi connectivity index (χ0) is 14.9. The van der Waals surface area contributed by atoms with E-state index in [1.807, 2.05) is 12.1 Å². The number of nitriles is 1. The fourth-order valence-corrected chi connectivity index (χ4v) is 4.29. The summed E-state index contributed by atoms with van der Waals surface area (Å²) < 4.78 is 13.2. The van der Waals surface area contributed by atoms with E-state index in [0.29, 0.717) is 6.54 Å². The summed E-state index contributed by atoms with van der Waals surface area (Å²) in [5.74, 6) is -0.0656. The van der Waals surface area contributed by atoms with Crippen molar-refractivity contribution in [3.8, 4) is 6.07 Å². The van der Waals surface area contributed by atoms with Crippen molar-refractivity contribution in [1.82, 2.24) is 0 Å². The molecule has 3 nitrogen and oxygen atoms in total. The number of likely N-dealkylation sites (tertiary alicyclic amines) is 1. The lowest BCUT2D eigenvalue weighted by Crippen LogP contribution is -3.15. The van der Waals surface area contributed by atoms with Crippen LogP contribution in [0.1, 0.15) is 43.7 Å². The topological polar surface area (TPSA) is 48.5 Å². The number of benzene rings is 1. The second kappa shape index (κ2) is 5.75. The van der Waals surface area contributed by atoms with Gasteiger partial charge in [0, 0.05) is 17.9 Å². The normalized spacial score (nSPS) is 35.8. The number of aliphatic hydroxyl groups is 1. The largest absolute Gasteiger partial charge is 0.389 e. The predicted molar refractivity (Wildman–Crippen MR) is 77.0 cm³/mol. The Morgan fingerprint density at radius 2 is 2.05 bits per heavy atom. The summed E-state index contributed by atoms with van der Waals surface area (Å²) in [5.41, 5.74) is 0.447. The molecule has 21 heavy (non-hydrogen) atoms. The monoisotopic (exact) mass is 289 g/mol. The summed E-state index contributed by atoms with van der Waals surface area (Å²) in [5, 5.41) is 20.1. The lowest BCUT2D eigenvalue weighted by Gasteiger charge is -2.49. The van der Waals surface area contributed by atoms with Crippen LogP contribution in [0.3, 0.4) is 0 Å². The number of halogens is 1. The number of quaternary nitrogens is 1. The van der Waals surface area contributed by atoms with Gasteiger partial charge in [-0.15, -0.1) is 0 Å². The highest BCUT2D eigenvalue weighted by Crippen LogP contribution is 2.43. The van der Waals surface area contributed by atoms with E-state index in [9.17, 15) is 9.50 Å². The molecule has 1 saturated carbocycles. The van der Waals surface area contributed by atoms with Crippen LogP contribution in [0.15, 0.2) is 24.3 Å². The SMILES string of the molecule is N#CC[NH+]1CC[C@@]2(O)CCCC[C@@H]2[C@H]1c1ccc(F)cc1. The van der Waals surface area contributed by atoms with Crippen LogP contribution in [0, 0.1) is 23.1 Å². The first-order valence-electron chi connectivity index (χ1n) is 7.83. The maximum Gasteiger partial charge on any atom is 0.165 e. The molecule has 1 saturated heterocycles. The van der Waals surface area contributed by atoms with Gasteiger partial charge in [-0.1, -0.05) is 25.0 Å². The Morgan fingerprint density at radius 3 is 2.76 bits per heavy atom. The van der Waals surface area contributed by atoms with Crippen molar-refractivity contribution in [3.05, 3.63) is 35.6 Å². The van der Waals surface area contributed by atoms with Crippen molar-refractivity contribution in [2.75, 3.05) is 13.1 Å². The first-order chi connectivity index (χ1) is 10.1. The number of hydrogen-bond donors (Lipinski definition) is 2. The molecule has 1 aromatic carbocycles. The average molecular weight is 289 g/mol. The molecular weight excluding hydrogens is 267 g/mol. The second-order valence-electron chi connectivity index (χ2n) is 6.48. The molecule has 112 valence electrons. The van der Waals surface area contributed by atoms with Crippen LogP contribution in [0.2, 0.25) is 0 Å². The fourth-order valence-electron chi connectivity index (χ4n) is 4.29. The van der Waals surface area contributed by atoms with Crippen molar-refractivity contribution < 1.29 is 14.4 Å². The van der Waals surface area contributed by atoms with E-state index in [2.05, 4.69) is 6.07 Å². The van der Waals surface area contributed by atoms with Gasteiger partial charge < -0.3 is 10.0 Å². The van der Waals surface area contributed by atoms with Gasteiger partial charge in [0.15, 0.2) is 6.54 Å². The first-order valence-corrected chi connectivity index (χ1v) is 7.83. The molecule has 0 bridgehead atoms. The van der Waals surface area contributed by atoms with E-state index < -0.39 is 5.60 Å². The van der Waals surface area contributed by atoms with Gasteiger partial charge in [0.2, 0.25) is 0 Å². The summed E-state index contributed by atoms with van der Waals surface area (Å²) in [4.78, 5) is 1.21. The molecule has 0 radical (unpaired) electrons. The van der Waals surface area contributed by atoms with Gasteiger partial charge in [0.1, 0.15) is 17.9 Å². The average Bonchev–Trinajstić information content (AvgIpc) is 2.49.